The van der Waals surface area contributed by atoms with Gasteiger partial charge in [-0.15, -0.1) is 0 Å². The summed E-state index contributed by atoms with van der Waals surface area (Å²) in [4.78, 5) is 94.4. The molecular formula is C32H52N2O15S. The lowest BCUT2D eigenvalue weighted by atomic mass is 9.94. The van der Waals surface area contributed by atoms with E-state index in [0.717, 1.165) is 0 Å². The smallest absolute Gasteiger partial charge is 0.326 e. The van der Waals surface area contributed by atoms with Gasteiger partial charge in [-0.3, -0.25) is 33.6 Å². The third-order valence-corrected chi connectivity index (χ3v) is 8.95. The van der Waals surface area contributed by atoms with Gasteiger partial charge in [0.05, 0.1) is 31.5 Å². The third-order valence-electron chi connectivity index (χ3n) is 7.28. The molecule has 0 saturated heterocycles. The Hall–Kier alpha value is -3.77. The molecule has 286 valence electrons. The number of carbonyl (C=O) groups excluding carboxylic acids is 5. The Balaban J connectivity index is 4.38. The highest BCUT2D eigenvalue weighted by atomic mass is 32.2. The summed E-state index contributed by atoms with van der Waals surface area (Å²) in [6.07, 6.45) is -1.13. The Morgan fingerprint density at radius 2 is 1.28 bits per heavy atom. The van der Waals surface area contributed by atoms with Crippen LogP contribution in [0.3, 0.4) is 0 Å². The average molecular weight is 737 g/mol. The number of sulfone groups is 1. The molecular weight excluding hydrogens is 684 g/mol. The Labute approximate surface area is 292 Å². The summed E-state index contributed by atoms with van der Waals surface area (Å²) >= 11 is 0. The molecule has 0 aromatic heterocycles. The van der Waals surface area contributed by atoms with Crippen molar-refractivity contribution in [2.45, 2.75) is 103 Å². The molecule has 0 spiro atoms. The zero-order chi connectivity index (χ0) is 38.0. The summed E-state index contributed by atoms with van der Waals surface area (Å²) in [5.41, 5.74) is 0. The first-order valence-electron chi connectivity index (χ1n) is 16.7. The van der Waals surface area contributed by atoms with E-state index < -0.39 is 75.3 Å². The molecule has 0 saturated carbocycles. The summed E-state index contributed by atoms with van der Waals surface area (Å²) in [6, 6.07) is -1.40. The minimum atomic E-state index is -3.73. The summed E-state index contributed by atoms with van der Waals surface area (Å²) in [5, 5.41) is 32.4. The maximum atomic E-state index is 12.4. The van der Waals surface area contributed by atoms with Gasteiger partial charge in [-0.2, -0.15) is 0 Å². The zero-order valence-corrected chi connectivity index (χ0v) is 29.5. The van der Waals surface area contributed by atoms with E-state index in [1.54, 1.807) is 0 Å². The molecule has 0 radical (unpaired) electrons. The van der Waals surface area contributed by atoms with Crippen LogP contribution < -0.4 is 10.6 Å². The molecule has 0 aliphatic carbocycles. The van der Waals surface area contributed by atoms with E-state index in [0.29, 0.717) is 19.8 Å². The SMILES string of the molecule is CCOCCOCCNC(=O)CCC(CC(=O)CCC(NC(=O)CCCCC(=O)CCCS(=O)(=O)CC(=O)CCCC(=O)O)C(=O)O)C(=O)O. The number of aliphatic carboxylic acids is 3. The topological polar surface area (TPSA) is 274 Å². The van der Waals surface area contributed by atoms with E-state index in [1.807, 2.05) is 6.92 Å². The molecule has 2 amide bonds. The molecule has 0 aromatic rings. The van der Waals surface area contributed by atoms with E-state index in [2.05, 4.69) is 10.6 Å². The summed E-state index contributed by atoms with van der Waals surface area (Å²) < 4.78 is 34.5. The van der Waals surface area contributed by atoms with Crippen molar-refractivity contribution in [2.24, 2.45) is 5.92 Å². The van der Waals surface area contributed by atoms with Crippen molar-refractivity contribution in [2.75, 3.05) is 44.5 Å². The molecule has 2 unspecified atom stereocenters. The Kier molecular flexibility index (Phi) is 25.0. The summed E-state index contributed by atoms with van der Waals surface area (Å²) in [5.74, 6) is -8.34. The van der Waals surface area contributed by atoms with Gasteiger partial charge in [0.15, 0.2) is 9.84 Å². The number of nitrogens with one attached hydrogen (secondary N) is 2. The van der Waals surface area contributed by atoms with Crippen LogP contribution in [0.2, 0.25) is 0 Å². The summed E-state index contributed by atoms with van der Waals surface area (Å²) in [6.45, 7) is 3.70. The second-order valence-electron chi connectivity index (χ2n) is 11.7. The van der Waals surface area contributed by atoms with Crippen LogP contribution in [0.4, 0.5) is 0 Å². The monoisotopic (exact) mass is 736 g/mol. The van der Waals surface area contributed by atoms with Crippen LogP contribution in [0.25, 0.3) is 0 Å². The van der Waals surface area contributed by atoms with Crippen molar-refractivity contribution in [3.8, 4) is 0 Å². The maximum absolute atomic E-state index is 12.4. The number of ether oxygens (including phenoxy) is 2. The van der Waals surface area contributed by atoms with Crippen molar-refractivity contribution in [1.82, 2.24) is 10.6 Å². The van der Waals surface area contributed by atoms with Gasteiger partial charge in [-0.1, -0.05) is 0 Å². The van der Waals surface area contributed by atoms with Crippen LogP contribution in [-0.2, 0) is 57.7 Å². The molecule has 0 aliphatic rings. The number of ketones is 3. The number of amides is 2. The molecule has 0 aromatic carbocycles. The fourth-order valence-electron chi connectivity index (χ4n) is 4.59. The fraction of sp³-hybridized carbons (Fsp3) is 0.750. The third kappa shape index (κ3) is 26.1. The van der Waals surface area contributed by atoms with Gasteiger partial charge >= 0.3 is 17.9 Å². The minimum Gasteiger partial charge on any atom is -0.481 e. The number of unbranched alkanes of at least 4 members (excludes halogenated alkanes) is 1. The van der Waals surface area contributed by atoms with Crippen LogP contribution in [0, 0.1) is 5.92 Å². The van der Waals surface area contributed by atoms with Gasteiger partial charge in [0.25, 0.3) is 0 Å². The van der Waals surface area contributed by atoms with Crippen molar-refractivity contribution >= 4 is 56.9 Å². The van der Waals surface area contributed by atoms with Crippen molar-refractivity contribution < 1.29 is 71.6 Å². The van der Waals surface area contributed by atoms with E-state index in [9.17, 15) is 57.0 Å². The lowest BCUT2D eigenvalue weighted by molar-refractivity contribution is -0.145. The average Bonchev–Trinajstić information content (AvgIpc) is 3.02. The quantitative estimate of drug-likeness (QED) is 0.0590. The minimum absolute atomic E-state index is 0.0114. The normalized spacial score (nSPS) is 12.4. The van der Waals surface area contributed by atoms with Gasteiger partial charge in [0.2, 0.25) is 11.8 Å². The van der Waals surface area contributed by atoms with Crippen molar-refractivity contribution in [1.29, 1.82) is 0 Å². The summed E-state index contributed by atoms with van der Waals surface area (Å²) in [7, 11) is -3.73. The second kappa shape index (κ2) is 27.0. The van der Waals surface area contributed by atoms with Gasteiger partial charge in [-0.25, -0.2) is 13.2 Å². The van der Waals surface area contributed by atoms with E-state index in [4.69, 9.17) is 14.6 Å². The standard InChI is InChI=1S/C32H52N2O15S/c1-2-48-18-19-49-17-16-33-28(38)15-12-23(31(42)43)21-25(36)13-14-27(32(44)45)34-29(39)10-4-3-7-24(35)9-6-20-50(46,47)22-26(37)8-5-11-30(40)41/h23,27H,2-22H2,1H3,(H,33,38)(H,34,39)(H,40,41)(H,42,43)(H,44,45). The number of carboxylic acid groups (broad SMARTS) is 3. The highest BCUT2D eigenvalue weighted by Gasteiger charge is 2.25. The van der Waals surface area contributed by atoms with Gasteiger partial charge in [-0.05, 0) is 45.4 Å². The van der Waals surface area contributed by atoms with Gasteiger partial charge in [0, 0.05) is 64.5 Å². The molecule has 0 heterocycles. The number of hydrogen-bond donors (Lipinski definition) is 5. The molecule has 17 nitrogen and oxygen atoms in total. The van der Waals surface area contributed by atoms with Crippen LogP contribution in [0.15, 0.2) is 0 Å². The second-order valence-corrected chi connectivity index (χ2v) is 13.9. The maximum Gasteiger partial charge on any atom is 0.326 e. The predicted octanol–water partition coefficient (Wildman–Crippen LogP) is 1.09. The first-order valence-corrected chi connectivity index (χ1v) is 18.5. The van der Waals surface area contributed by atoms with E-state index in [1.165, 1.54) is 0 Å². The number of rotatable bonds is 33. The number of carboxylic acids is 3. The molecule has 0 bridgehead atoms. The molecule has 5 N–H and O–H groups in total. The molecule has 18 heteroatoms. The zero-order valence-electron chi connectivity index (χ0n) is 28.7. The van der Waals surface area contributed by atoms with Crippen LogP contribution in [0.1, 0.15) is 96.8 Å². The van der Waals surface area contributed by atoms with E-state index in [-0.39, 0.29) is 108 Å². The Morgan fingerprint density at radius 3 is 1.92 bits per heavy atom. The van der Waals surface area contributed by atoms with E-state index >= 15 is 0 Å². The molecule has 0 aliphatic heterocycles. The largest absolute Gasteiger partial charge is 0.481 e. The van der Waals surface area contributed by atoms with Crippen LogP contribution in [-0.4, -0.2) is 121 Å². The Bertz CT molecular complexity index is 1240. The van der Waals surface area contributed by atoms with Gasteiger partial charge < -0.3 is 35.4 Å². The number of carbonyl (C=O) groups is 8. The highest BCUT2D eigenvalue weighted by Crippen LogP contribution is 2.15. The van der Waals surface area contributed by atoms with Crippen LogP contribution in [0.5, 0.6) is 0 Å². The predicted molar refractivity (Wildman–Crippen MR) is 177 cm³/mol. The lowest BCUT2D eigenvalue weighted by Crippen LogP contribution is -2.41. The molecule has 0 rings (SSSR count). The fourth-order valence-corrected chi connectivity index (χ4v) is 5.95. The molecule has 2 atom stereocenters. The first kappa shape index (κ1) is 46.2. The first-order chi connectivity index (χ1) is 23.6. The lowest BCUT2D eigenvalue weighted by Gasteiger charge is -2.15. The highest BCUT2D eigenvalue weighted by molar-refractivity contribution is 7.92. The molecule has 50 heavy (non-hydrogen) atoms. The van der Waals surface area contributed by atoms with Crippen molar-refractivity contribution in [3.05, 3.63) is 0 Å². The van der Waals surface area contributed by atoms with Crippen molar-refractivity contribution in [3.63, 3.8) is 0 Å². The Morgan fingerprint density at radius 1 is 0.640 bits per heavy atom. The molecule has 0 fully saturated rings. The van der Waals surface area contributed by atoms with Gasteiger partial charge in [0.1, 0.15) is 29.1 Å². The van der Waals surface area contributed by atoms with Crippen LogP contribution >= 0.6 is 0 Å². The number of hydrogen-bond acceptors (Lipinski definition) is 12. The number of Topliss-reactive ketones (excluding diaryl/α,β-unsaturated/α-hetero) is 3.